The van der Waals surface area contributed by atoms with Crippen LogP contribution in [0.3, 0.4) is 0 Å². The highest BCUT2D eigenvalue weighted by atomic mass is 19.4. The summed E-state index contributed by atoms with van der Waals surface area (Å²) in [6, 6.07) is 10.6. The van der Waals surface area contributed by atoms with E-state index in [2.05, 4.69) is 15.7 Å². The number of para-hydroxylation sites is 1. The minimum absolute atomic E-state index is 0.0230. The van der Waals surface area contributed by atoms with Crippen LogP contribution >= 0.6 is 0 Å². The fourth-order valence-electron chi connectivity index (χ4n) is 2.16. The first kappa shape index (κ1) is 22.4. The summed E-state index contributed by atoms with van der Waals surface area (Å²) in [5, 5.41) is 8.08. The van der Waals surface area contributed by atoms with Crippen molar-refractivity contribution in [3.63, 3.8) is 0 Å². The summed E-state index contributed by atoms with van der Waals surface area (Å²) in [5.41, 5.74) is 1.50. The van der Waals surface area contributed by atoms with Gasteiger partial charge in [0.15, 0.2) is 6.61 Å². The molecule has 8 nitrogen and oxygen atoms in total. The molecule has 0 aliphatic heterocycles. The Labute approximate surface area is 169 Å². The topological polar surface area (TPSA) is 109 Å². The molecule has 11 heteroatoms. The van der Waals surface area contributed by atoms with Gasteiger partial charge in [-0.3, -0.25) is 14.4 Å². The molecule has 0 radical (unpaired) electrons. The minimum atomic E-state index is -4.53. The number of benzene rings is 2. The Bertz CT molecular complexity index is 961. The molecule has 0 fully saturated rings. The van der Waals surface area contributed by atoms with E-state index in [1.807, 2.05) is 5.43 Å². The highest BCUT2D eigenvalue weighted by Gasteiger charge is 2.30. The number of ether oxygens (including phenoxy) is 1. The zero-order valence-corrected chi connectivity index (χ0v) is 15.6. The van der Waals surface area contributed by atoms with E-state index in [-0.39, 0.29) is 11.4 Å². The quantitative estimate of drug-likeness (QED) is 0.375. The lowest BCUT2D eigenvalue weighted by molar-refractivity contribution is -0.138. The van der Waals surface area contributed by atoms with E-state index in [1.165, 1.54) is 31.5 Å². The van der Waals surface area contributed by atoms with Crippen molar-refractivity contribution in [1.82, 2.24) is 10.7 Å². The highest BCUT2D eigenvalue weighted by molar-refractivity contribution is 6.35. The molecule has 0 bridgehead atoms. The van der Waals surface area contributed by atoms with Crippen LogP contribution in [0.2, 0.25) is 0 Å². The number of amides is 3. The first-order valence-electron chi connectivity index (χ1n) is 8.44. The smallest absolute Gasteiger partial charge is 0.416 e. The van der Waals surface area contributed by atoms with Gasteiger partial charge in [0.25, 0.3) is 5.91 Å². The molecule has 0 saturated heterocycles. The molecule has 3 N–H and O–H groups in total. The second-order valence-electron chi connectivity index (χ2n) is 5.73. The van der Waals surface area contributed by atoms with E-state index in [4.69, 9.17) is 4.74 Å². The Kier molecular flexibility index (Phi) is 7.50. The molecule has 0 aliphatic carbocycles. The predicted octanol–water partition coefficient (Wildman–Crippen LogP) is 1.92. The number of nitrogens with zero attached hydrogens (tertiary/aromatic N) is 1. The lowest BCUT2D eigenvalue weighted by Crippen LogP contribution is -2.35. The third-order valence-corrected chi connectivity index (χ3v) is 3.55. The number of likely N-dealkylation sites (N-methyl/N-ethyl adjacent to an activating group) is 1. The maximum atomic E-state index is 12.7. The fourth-order valence-corrected chi connectivity index (χ4v) is 2.16. The van der Waals surface area contributed by atoms with Crippen molar-refractivity contribution >= 4 is 29.6 Å². The van der Waals surface area contributed by atoms with Crippen molar-refractivity contribution in [3.05, 3.63) is 59.7 Å². The van der Waals surface area contributed by atoms with Crippen LogP contribution < -0.4 is 20.8 Å². The average Bonchev–Trinajstić information content (AvgIpc) is 2.72. The summed E-state index contributed by atoms with van der Waals surface area (Å²) in [6.45, 7) is -0.480. The molecular weight excluding hydrogens is 405 g/mol. The van der Waals surface area contributed by atoms with E-state index in [0.717, 1.165) is 12.1 Å². The van der Waals surface area contributed by atoms with Gasteiger partial charge in [0.1, 0.15) is 5.75 Å². The molecule has 2 aromatic carbocycles. The zero-order valence-electron chi connectivity index (χ0n) is 15.6. The Morgan fingerprint density at radius 3 is 2.50 bits per heavy atom. The largest absolute Gasteiger partial charge is 0.483 e. The lowest BCUT2D eigenvalue weighted by Gasteiger charge is -2.11. The SMILES string of the molecule is CNC(=O)C(=O)N/N=C\c1ccccc1OCC(=O)Nc1cccc(C(F)(F)F)c1. The van der Waals surface area contributed by atoms with Crippen molar-refractivity contribution in [2.24, 2.45) is 5.10 Å². The van der Waals surface area contributed by atoms with E-state index in [9.17, 15) is 27.6 Å². The Morgan fingerprint density at radius 2 is 1.80 bits per heavy atom. The second-order valence-corrected chi connectivity index (χ2v) is 5.73. The molecule has 0 aliphatic rings. The van der Waals surface area contributed by atoms with Gasteiger partial charge in [-0.05, 0) is 30.3 Å². The van der Waals surface area contributed by atoms with Crippen LogP contribution in [0.1, 0.15) is 11.1 Å². The Morgan fingerprint density at radius 1 is 1.07 bits per heavy atom. The minimum Gasteiger partial charge on any atom is -0.483 e. The number of hydrazone groups is 1. The van der Waals surface area contributed by atoms with Crippen molar-refractivity contribution < 1.29 is 32.3 Å². The number of halogens is 3. The molecule has 2 aromatic rings. The van der Waals surface area contributed by atoms with Gasteiger partial charge in [-0.25, -0.2) is 5.43 Å². The monoisotopic (exact) mass is 422 g/mol. The molecule has 0 spiro atoms. The standard InChI is InChI=1S/C19H17F3N4O4/c1-23-17(28)18(29)26-24-10-12-5-2-3-8-15(12)30-11-16(27)25-14-7-4-6-13(9-14)19(20,21)22/h2-10H,11H2,1H3,(H,23,28)(H,25,27)(H,26,29)/b24-10-. The summed E-state index contributed by atoms with van der Waals surface area (Å²) in [6.07, 6.45) is -3.32. The molecule has 0 heterocycles. The van der Waals surface area contributed by atoms with Crippen LogP contribution in [0, 0.1) is 0 Å². The fraction of sp³-hybridized carbons (Fsp3) is 0.158. The summed E-state index contributed by atoms with van der Waals surface area (Å²) >= 11 is 0. The second kappa shape index (κ2) is 10.0. The first-order valence-corrected chi connectivity index (χ1v) is 8.44. The van der Waals surface area contributed by atoms with Gasteiger partial charge in [-0.15, -0.1) is 0 Å². The van der Waals surface area contributed by atoms with Crippen molar-refractivity contribution in [3.8, 4) is 5.75 Å². The van der Waals surface area contributed by atoms with E-state index >= 15 is 0 Å². The number of anilines is 1. The van der Waals surface area contributed by atoms with Gasteiger partial charge in [-0.2, -0.15) is 18.3 Å². The number of carbonyl (C=O) groups excluding carboxylic acids is 3. The lowest BCUT2D eigenvalue weighted by atomic mass is 10.2. The first-order chi connectivity index (χ1) is 14.2. The van der Waals surface area contributed by atoms with Gasteiger partial charge >= 0.3 is 18.0 Å². The number of rotatable bonds is 6. The van der Waals surface area contributed by atoms with E-state index in [1.54, 1.807) is 18.2 Å². The third kappa shape index (κ3) is 6.62. The van der Waals surface area contributed by atoms with Crippen molar-refractivity contribution in [2.45, 2.75) is 6.18 Å². The normalized spacial score (nSPS) is 11.1. The van der Waals surface area contributed by atoms with Crippen LogP contribution in [0.15, 0.2) is 53.6 Å². The molecule has 2 rings (SSSR count). The summed E-state index contributed by atoms with van der Waals surface area (Å²) in [5.74, 6) is -2.28. The van der Waals surface area contributed by atoms with Gasteiger partial charge in [0, 0.05) is 18.3 Å². The molecule has 158 valence electrons. The maximum absolute atomic E-state index is 12.7. The molecule has 0 unspecified atom stereocenters. The highest BCUT2D eigenvalue weighted by Crippen LogP contribution is 2.30. The van der Waals surface area contributed by atoms with Crippen molar-refractivity contribution in [1.29, 1.82) is 0 Å². The Balaban J connectivity index is 1.97. The molecule has 30 heavy (non-hydrogen) atoms. The van der Waals surface area contributed by atoms with E-state index in [0.29, 0.717) is 5.56 Å². The van der Waals surface area contributed by atoms with Crippen LogP contribution in [0.25, 0.3) is 0 Å². The molecule has 0 saturated carbocycles. The number of hydrogen-bond donors (Lipinski definition) is 3. The van der Waals surface area contributed by atoms with Crippen LogP contribution in [0.4, 0.5) is 18.9 Å². The molecule has 0 atom stereocenters. The number of nitrogens with one attached hydrogen (secondary N) is 3. The predicted molar refractivity (Wildman–Crippen MR) is 102 cm³/mol. The van der Waals surface area contributed by atoms with Crippen molar-refractivity contribution in [2.75, 3.05) is 19.0 Å². The summed E-state index contributed by atoms with van der Waals surface area (Å²) < 4.78 is 43.6. The summed E-state index contributed by atoms with van der Waals surface area (Å²) in [4.78, 5) is 34.4. The molecular formula is C19H17F3N4O4. The average molecular weight is 422 g/mol. The number of carbonyl (C=O) groups is 3. The Hall–Kier alpha value is -3.89. The van der Waals surface area contributed by atoms with E-state index < -0.39 is 36.1 Å². The molecule has 3 amide bonds. The van der Waals surface area contributed by atoms with Gasteiger partial charge < -0.3 is 15.4 Å². The molecule has 0 aromatic heterocycles. The summed E-state index contributed by atoms with van der Waals surface area (Å²) in [7, 11) is 1.29. The van der Waals surface area contributed by atoms with Crippen LogP contribution in [-0.2, 0) is 20.6 Å². The van der Waals surface area contributed by atoms with Crippen LogP contribution in [0.5, 0.6) is 5.75 Å². The van der Waals surface area contributed by atoms with Gasteiger partial charge in [-0.1, -0.05) is 18.2 Å². The number of alkyl halides is 3. The van der Waals surface area contributed by atoms with Crippen LogP contribution in [-0.4, -0.2) is 37.6 Å². The maximum Gasteiger partial charge on any atom is 0.416 e. The number of hydrogen-bond acceptors (Lipinski definition) is 5. The van der Waals surface area contributed by atoms with Gasteiger partial charge in [0.05, 0.1) is 11.8 Å². The van der Waals surface area contributed by atoms with Gasteiger partial charge in [0.2, 0.25) is 0 Å². The zero-order chi connectivity index (χ0) is 22.1. The third-order valence-electron chi connectivity index (χ3n) is 3.55.